The molecule has 0 aromatic carbocycles. The Morgan fingerprint density at radius 2 is 0.533 bits per heavy atom. The number of rotatable bonds is 68. The molecule has 0 spiro atoms. The highest BCUT2D eigenvalue weighted by molar-refractivity contribution is 7.47. The van der Waals surface area contributed by atoms with Crippen LogP contribution in [-0.2, 0) is 65.4 Å². The molecule has 0 bridgehead atoms. The molecule has 0 aliphatic heterocycles. The van der Waals surface area contributed by atoms with Gasteiger partial charge in [-0.1, -0.05) is 299 Å². The minimum atomic E-state index is -4.95. The second kappa shape index (κ2) is 60.7. The average Bonchev–Trinajstić information content (AvgIpc) is 2.84. The number of carbonyl (C=O) groups is 4. The first-order valence-corrected chi connectivity index (χ1v) is 39.7. The third-order valence-electron chi connectivity index (χ3n) is 16.7. The van der Waals surface area contributed by atoms with Crippen molar-refractivity contribution < 1.29 is 80.2 Å². The van der Waals surface area contributed by atoms with Gasteiger partial charge < -0.3 is 33.8 Å². The number of ether oxygens (including phenoxy) is 4. The Hall–Kier alpha value is -1.94. The van der Waals surface area contributed by atoms with Gasteiger partial charge in [-0.25, -0.2) is 9.13 Å². The van der Waals surface area contributed by atoms with Gasteiger partial charge >= 0.3 is 39.5 Å². The third-order valence-corrected chi connectivity index (χ3v) is 18.6. The summed E-state index contributed by atoms with van der Waals surface area (Å²) in [5.74, 6) is 0.852. The molecular weight excluding hydrogens is 1190 g/mol. The van der Waals surface area contributed by atoms with Crippen LogP contribution >= 0.6 is 15.6 Å². The molecule has 0 aliphatic rings. The zero-order valence-electron chi connectivity index (χ0n) is 58.8. The van der Waals surface area contributed by atoms with Crippen LogP contribution in [0.25, 0.3) is 0 Å². The quantitative estimate of drug-likeness (QED) is 0.0222. The number of aliphatic hydroxyl groups excluding tert-OH is 1. The Bertz CT molecular complexity index is 1780. The summed E-state index contributed by atoms with van der Waals surface area (Å²) in [7, 11) is -9.90. The molecule has 0 rings (SSSR count). The van der Waals surface area contributed by atoms with Crippen molar-refractivity contribution in [1.82, 2.24) is 0 Å². The van der Waals surface area contributed by atoms with Crippen LogP contribution in [0.1, 0.15) is 351 Å². The van der Waals surface area contributed by atoms with Crippen LogP contribution in [0.2, 0.25) is 0 Å². The number of esters is 4. The van der Waals surface area contributed by atoms with E-state index < -0.39 is 97.5 Å². The first-order valence-electron chi connectivity index (χ1n) is 36.7. The summed E-state index contributed by atoms with van der Waals surface area (Å²) in [5, 5.41) is 10.6. The van der Waals surface area contributed by atoms with E-state index in [0.717, 1.165) is 114 Å². The molecule has 0 saturated carbocycles. The molecule has 0 aromatic heterocycles. The van der Waals surface area contributed by atoms with E-state index in [-0.39, 0.29) is 25.7 Å². The van der Waals surface area contributed by atoms with E-state index in [4.69, 9.17) is 37.0 Å². The van der Waals surface area contributed by atoms with Gasteiger partial charge in [0.1, 0.15) is 19.3 Å². The molecule has 0 fully saturated rings. The Morgan fingerprint density at radius 1 is 0.311 bits per heavy atom. The van der Waals surface area contributed by atoms with Gasteiger partial charge in [-0.2, -0.15) is 0 Å². The lowest BCUT2D eigenvalue weighted by molar-refractivity contribution is -0.161. The lowest BCUT2D eigenvalue weighted by Gasteiger charge is -2.21. The fourth-order valence-corrected chi connectivity index (χ4v) is 12.2. The summed E-state index contributed by atoms with van der Waals surface area (Å²) >= 11 is 0. The Kier molecular flexibility index (Phi) is 59.4. The van der Waals surface area contributed by atoms with E-state index in [9.17, 15) is 43.2 Å². The molecule has 0 aromatic rings. The van der Waals surface area contributed by atoms with Crippen molar-refractivity contribution >= 4 is 39.5 Å². The zero-order chi connectivity index (χ0) is 66.8. The number of unbranched alkanes of at least 4 members (excludes halogenated alkanes) is 33. The van der Waals surface area contributed by atoms with Crippen LogP contribution in [0.5, 0.6) is 0 Å². The molecule has 0 aliphatic carbocycles. The normalized spacial score (nSPS) is 14.6. The van der Waals surface area contributed by atoms with Crippen LogP contribution < -0.4 is 0 Å². The van der Waals surface area contributed by atoms with Crippen molar-refractivity contribution in [3.05, 3.63) is 0 Å². The molecule has 0 amide bonds. The molecule has 3 N–H and O–H groups in total. The largest absolute Gasteiger partial charge is 0.472 e. The van der Waals surface area contributed by atoms with Crippen LogP contribution in [0.15, 0.2) is 0 Å². The predicted molar refractivity (Wildman–Crippen MR) is 363 cm³/mol. The van der Waals surface area contributed by atoms with E-state index in [1.807, 2.05) is 0 Å². The fourth-order valence-electron chi connectivity index (χ4n) is 10.6. The summed E-state index contributed by atoms with van der Waals surface area (Å²) in [4.78, 5) is 72.6. The Balaban J connectivity index is 5.22. The van der Waals surface area contributed by atoms with Crippen LogP contribution in [0.4, 0.5) is 0 Å². The number of phosphoric acid groups is 2. The molecule has 3 unspecified atom stereocenters. The summed E-state index contributed by atoms with van der Waals surface area (Å²) in [6.07, 6.45) is 43.2. The van der Waals surface area contributed by atoms with Gasteiger partial charge in [0, 0.05) is 25.7 Å². The van der Waals surface area contributed by atoms with Gasteiger partial charge in [-0.3, -0.25) is 37.3 Å². The Morgan fingerprint density at radius 3 is 0.789 bits per heavy atom. The fraction of sp³-hybridized carbons (Fsp3) is 0.944. The second-order valence-electron chi connectivity index (χ2n) is 27.3. The molecule has 19 heteroatoms. The predicted octanol–water partition coefficient (Wildman–Crippen LogP) is 20.1. The number of carbonyl (C=O) groups excluding carboxylic acids is 4. The molecule has 0 heterocycles. The molecule has 0 radical (unpaired) electrons. The highest BCUT2D eigenvalue weighted by Crippen LogP contribution is 2.45. The molecular formula is C71H138O17P2. The molecule has 90 heavy (non-hydrogen) atoms. The van der Waals surface area contributed by atoms with Crippen molar-refractivity contribution in [2.75, 3.05) is 39.6 Å². The lowest BCUT2D eigenvalue weighted by atomic mass is 10.00. The third kappa shape index (κ3) is 63.5. The van der Waals surface area contributed by atoms with Gasteiger partial charge in [0.05, 0.1) is 26.4 Å². The van der Waals surface area contributed by atoms with Gasteiger partial charge in [0.25, 0.3) is 0 Å². The van der Waals surface area contributed by atoms with E-state index in [1.54, 1.807) is 0 Å². The van der Waals surface area contributed by atoms with Crippen molar-refractivity contribution in [3.63, 3.8) is 0 Å². The highest BCUT2D eigenvalue weighted by atomic mass is 31.2. The maximum Gasteiger partial charge on any atom is 0.472 e. The summed E-state index contributed by atoms with van der Waals surface area (Å²) in [5.41, 5.74) is 0. The zero-order valence-corrected chi connectivity index (χ0v) is 60.6. The van der Waals surface area contributed by atoms with Crippen LogP contribution in [0, 0.1) is 23.7 Å². The van der Waals surface area contributed by atoms with Crippen molar-refractivity contribution in [3.8, 4) is 0 Å². The van der Waals surface area contributed by atoms with E-state index in [0.29, 0.717) is 31.6 Å². The SMILES string of the molecule is CCC(C)CCCCCCCCC(=O)OC[C@H](COP(=O)(O)OC[C@H](O)COP(=O)(O)OC[C@@H](COC(=O)CCCCCCCCCCCCCCCC(C)C)OC(=O)CCCCCCCCCC(C)C)OC(=O)CCCCCCCCCCCCCC(C)C. The van der Waals surface area contributed by atoms with Gasteiger partial charge in [0.15, 0.2) is 12.2 Å². The number of hydrogen-bond acceptors (Lipinski definition) is 15. The minimum absolute atomic E-state index is 0.103. The standard InChI is InChI=1S/C71H138O17P2/c1-9-64(8)50-42-34-29-30-36-44-52-69(74)82-58-67(87-70(75)53-45-37-27-21-17-13-15-19-24-32-40-48-62(4)5)60-86-90(79,80)84-56-65(72)55-83-89(77,78)85-59-66(88-71(76)54-46-38-28-22-25-33-41-49-63(6)7)57-81-68(73)51-43-35-26-20-16-12-10-11-14-18-23-31-39-47-61(2)3/h61-67,72H,9-60H2,1-8H3,(H,77,78)(H,79,80)/t64?,65-,66-,67-/m1/s1. The van der Waals surface area contributed by atoms with Gasteiger partial charge in [-0.05, 0) is 49.4 Å². The number of hydrogen-bond donors (Lipinski definition) is 3. The second-order valence-corrected chi connectivity index (χ2v) is 30.2. The maximum atomic E-state index is 13.0. The molecule has 6 atom stereocenters. The smallest absolute Gasteiger partial charge is 0.462 e. The summed E-state index contributed by atoms with van der Waals surface area (Å²) in [6.45, 7) is 14.1. The lowest BCUT2D eigenvalue weighted by Crippen LogP contribution is -2.30. The van der Waals surface area contributed by atoms with Crippen LogP contribution in [0.3, 0.4) is 0 Å². The molecule has 17 nitrogen and oxygen atoms in total. The van der Waals surface area contributed by atoms with Crippen molar-refractivity contribution in [1.29, 1.82) is 0 Å². The van der Waals surface area contributed by atoms with Crippen molar-refractivity contribution in [2.45, 2.75) is 369 Å². The van der Waals surface area contributed by atoms with Crippen LogP contribution in [-0.4, -0.2) is 96.7 Å². The average molecular weight is 1330 g/mol. The van der Waals surface area contributed by atoms with E-state index >= 15 is 0 Å². The minimum Gasteiger partial charge on any atom is -0.462 e. The highest BCUT2D eigenvalue weighted by Gasteiger charge is 2.30. The molecule has 0 saturated heterocycles. The summed E-state index contributed by atoms with van der Waals surface area (Å²) in [6, 6.07) is 0. The first kappa shape index (κ1) is 88.1. The molecule has 534 valence electrons. The number of aliphatic hydroxyl groups is 1. The number of phosphoric ester groups is 2. The topological polar surface area (TPSA) is 237 Å². The first-order chi connectivity index (χ1) is 43.1. The van der Waals surface area contributed by atoms with Gasteiger partial charge in [-0.15, -0.1) is 0 Å². The summed E-state index contributed by atoms with van der Waals surface area (Å²) < 4.78 is 68.3. The van der Waals surface area contributed by atoms with Crippen molar-refractivity contribution in [2.24, 2.45) is 23.7 Å². The maximum absolute atomic E-state index is 13.0. The van der Waals surface area contributed by atoms with Gasteiger partial charge in [0.2, 0.25) is 0 Å². The Labute approximate surface area is 549 Å². The monoisotopic (exact) mass is 1320 g/mol. The van der Waals surface area contributed by atoms with E-state index in [1.165, 1.54) is 148 Å². The van der Waals surface area contributed by atoms with E-state index in [2.05, 4.69) is 55.4 Å².